The minimum atomic E-state index is -0.935. The third kappa shape index (κ3) is 1.07. The van der Waals surface area contributed by atoms with E-state index in [1.807, 2.05) is 0 Å². The molecule has 0 aliphatic heterocycles. The molecule has 0 saturated carbocycles. The lowest BCUT2D eigenvalue weighted by molar-refractivity contribution is 0.0696. The summed E-state index contributed by atoms with van der Waals surface area (Å²) in [5.74, 6) is 4.56. The number of nitrogens with two attached hydrogens (primary N) is 1. The molecule has 4 nitrogen and oxygen atoms in total. The zero-order chi connectivity index (χ0) is 8.59. The molecule has 11 heavy (non-hydrogen) atoms. The number of hydrogen-bond acceptors (Lipinski definition) is 2. The van der Waals surface area contributed by atoms with Gasteiger partial charge in [-0.05, 0) is 19.9 Å². The van der Waals surface area contributed by atoms with Crippen molar-refractivity contribution in [2.75, 3.05) is 5.84 Å². The summed E-state index contributed by atoms with van der Waals surface area (Å²) in [5.41, 5.74) is 1.60. The molecule has 0 fully saturated rings. The Morgan fingerprint density at radius 2 is 2.18 bits per heavy atom. The van der Waals surface area contributed by atoms with Crippen molar-refractivity contribution in [2.45, 2.75) is 13.8 Å². The molecule has 1 aromatic rings. The van der Waals surface area contributed by atoms with Gasteiger partial charge in [0.1, 0.15) is 0 Å². The van der Waals surface area contributed by atoms with Gasteiger partial charge < -0.3 is 10.9 Å². The van der Waals surface area contributed by atoms with E-state index < -0.39 is 5.97 Å². The number of aromatic nitrogens is 1. The Balaban J connectivity index is 3.29. The first-order chi connectivity index (χ1) is 5.04. The second-order valence-corrected chi connectivity index (χ2v) is 2.46. The molecule has 0 saturated heterocycles. The van der Waals surface area contributed by atoms with E-state index in [1.165, 1.54) is 4.68 Å². The van der Waals surface area contributed by atoms with Gasteiger partial charge in [0.25, 0.3) is 0 Å². The molecular weight excluding hydrogens is 144 g/mol. The van der Waals surface area contributed by atoms with E-state index in [1.54, 1.807) is 19.9 Å². The predicted octanol–water partition coefficient (Wildman–Crippen LogP) is 0.517. The quantitative estimate of drug-likeness (QED) is 0.579. The average molecular weight is 154 g/mol. The molecule has 1 rings (SSSR count). The van der Waals surface area contributed by atoms with Gasteiger partial charge in [-0.1, -0.05) is 0 Å². The average Bonchev–Trinajstić information content (AvgIpc) is 2.17. The van der Waals surface area contributed by atoms with Crippen molar-refractivity contribution in [3.8, 4) is 0 Å². The van der Waals surface area contributed by atoms with Gasteiger partial charge in [0, 0.05) is 5.69 Å². The Labute approximate surface area is 64.2 Å². The fraction of sp³-hybridized carbons (Fsp3) is 0.286. The molecule has 0 bridgehead atoms. The molecule has 60 valence electrons. The lowest BCUT2D eigenvalue weighted by Crippen LogP contribution is -2.12. The van der Waals surface area contributed by atoms with Gasteiger partial charge >= 0.3 is 5.97 Å². The number of carboxylic acids is 1. The van der Waals surface area contributed by atoms with Crippen LogP contribution in [-0.2, 0) is 0 Å². The molecule has 0 radical (unpaired) electrons. The molecule has 0 atom stereocenters. The van der Waals surface area contributed by atoms with E-state index in [4.69, 9.17) is 10.9 Å². The SMILES string of the molecule is Cc1cc(C(=O)O)c(C)n1N. The second-order valence-electron chi connectivity index (χ2n) is 2.46. The van der Waals surface area contributed by atoms with Crippen molar-refractivity contribution in [3.05, 3.63) is 23.0 Å². The summed E-state index contributed by atoms with van der Waals surface area (Å²) in [4.78, 5) is 10.5. The first-order valence-electron chi connectivity index (χ1n) is 3.21. The van der Waals surface area contributed by atoms with E-state index in [0.717, 1.165) is 5.69 Å². The Morgan fingerprint density at radius 1 is 1.64 bits per heavy atom. The topological polar surface area (TPSA) is 68.2 Å². The molecular formula is C7H10N2O2. The van der Waals surface area contributed by atoms with Crippen LogP contribution in [0.3, 0.4) is 0 Å². The fourth-order valence-electron chi connectivity index (χ4n) is 0.994. The van der Waals surface area contributed by atoms with Gasteiger partial charge in [0.2, 0.25) is 0 Å². The van der Waals surface area contributed by atoms with Crippen molar-refractivity contribution in [3.63, 3.8) is 0 Å². The summed E-state index contributed by atoms with van der Waals surface area (Å²) in [6.07, 6.45) is 0. The van der Waals surface area contributed by atoms with E-state index in [9.17, 15) is 4.79 Å². The van der Waals surface area contributed by atoms with Crippen molar-refractivity contribution in [2.24, 2.45) is 0 Å². The Bertz CT molecular complexity index is 302. The summed E-state index contributed by atoms with van der Waals surface area (Å²) in [7, 11) is 0. The van der Waals surface area contributed by atoms with Crippen LogP contribution in [0.25, 0.3) is 0 Å². The maximum Gasteiger partial charge on any atom is 0.337 e. The maximum absolute atomic E-state index is 10.5. The molecule has 0 aliphatic carbocycles. The van der Waals surface area contributed by atoms with Crippen LogP contribution >= 0.6 is 0 Å². The smallest absolute Gasteiger partial charge is 0.337 e. The Morgan fingerprint density at radius 3 is 2.36 bits per heavy atom. The van der Waals surface area contributed by atoms with Gasteiger partial charge in [-0.25, -0.2) is 4.79 Å². The minimum Gasteiger partial charge on any atom is -0.478 e. The molecule has 0 aromatic carbocycles. The standard InChI is InChI=1S/C7H10N2O2/c1-4-3-6(7(10)11)5(2)9(4)8/h3H,8H2,1-2H3,(H,10,11). The van der Waals surface area contributed by atoms with E-state index in [2.05, 4.69) is 0 Å². The van der Waals surface area contributed by atoms with Crippen LogP contribution in [-0.4, -0.2) is 15.8 Å². The highest BCUT2D eigenvalue weighted by Crippen LogP contribution is 2.10. The number of aryl methyl sites for hydroxylation is 1. The third-order valence-electron chi connectivity index (χ3n) is 1.71. The van der Waals surface area contributed by atoms with E-state index >= 15 is 0 Å². The lowest BCUT2D eigenvalue weighted by atomic mass is 10.2. The normalized spacial score (nSPS) is 10.0. The third-order valence-corrected chi connectivity index (χ3v) is 1.71. The molecule has 0 spiro atoms. The van der Waals surface area contributed by atoms with Gasteiger partial charge in [0.05, 0.1) is 11.3 Å². The van der Waals surface area contributed by atoms with Gasteiger partial charge in [-0.2, -0.15) is 0 Å². The molecule has 4 heteroatoms. The van der Waals surface area contributed by atoms with Crippen molar-refractivity contribution in [1.82, 2.24) is 4.68 Å². The molecule has 1 aromatic heterocycles. The summed E-state index contributed by atoms with van der Waals surface area (Å²) >= 11 is 0. The van der Waals surface area contributed by atoms with Gasteiger partial charge in [0.15, 0.2) is 0 Å². The highest BCUT2D eigenvalue weighted by atomic mass is 16.4. The summed E-state index contributed by atoms with van der Waals surface area (Å²) in [6.45, 7) is 3.44. The van der Waals surface area contributed by atoms with Crippen molar-refractivity contribution < 1.29 is 9.90 Å². The number of nitrogen functional groups attached to an aromatic ring is 1. The second kappa shape index (κ2) is 2.30. The van der Waals surface area contributed by atoms with Crippen LogP contribution in [0.1, 0.15) is 21.7 Å². The van der Waals surface area contributed by atoms with E-state index in [-0.39, 0.29) is 5.56 Å². The first kappa shape index (κ1) is 7.65. The van der Waals surface area contributed by atoms with Gasteiger partial charge in [-0.3, -0.25) is 4.68 Å². The zero-order valence-corrected chi connectivity index (χ0v) is 6.46. The lowest BCUT2D eigenvalue weighted by Gasteiger charge is -1.98. The number of hydrogen-bond donors (Lipinski definition) is 2. The molecule has 1 heterocycles. The number of rotatable bonds is 1. The predicted molar refractivity (Wildman–Crippen MR) is 41.0 cm³/mol. The molecule has 0 unspecified atom stereocenters. The van der Waals surface area contributed by atoms with Crippen LogP contribution in [0.4, 0.5) is 0 Å². The Hall–Kier alpha value is -1.45. The highest BCUT2D eigenvalue weighted by Gasteiger charge is 2.12. The number of carbonyl (C=O) groups is 1. The van der Waals surface area contributed by atoms with E-state index in [0.29, 0.717) is 5.69 Å². The first-order valence-corrected chi connectivity index (χ1v) is 3.21. The molecule has 0 amide bonds. The Kier molecular flexibility index (Phi) is 1.60. The van der Waals surface area contributed by atoms with Crippen LogP contribution in [0.15, 0.2) is 6.07 Å². The highest BCUT2D eigenvalue weighted by molar-refractivity contribution is 5.89. The van der Waals surface area contributed by atoms with Crippen molar-refractivity contribution >= 4 is 5.97 Å². The van der Waals surface area contributed by atoms with Crippen LogP contribution in [0, 0.1) is 13.8 Å². The zero-order valence-electron chi connectivity index (χ0n) is 6.46. The number of carboxylic acid groups (broad SMARTS) is 1. The van der Waals surface area contributed by atoms with Gasteiger partial charge in [-0.15, -0.1) is 0 Å². The minimum absolute atomic E-state index is 0.269. The molecule has 3 N–H and O–H groups in total. The summed E-state index contributed by atoms with van der Waals surface area (Å²) < 4.78 is 1.36. The monoisotopic (exact) mass is 154 g/mol. The number of aromatic carboxylic acids is 1. The summed E-state index contributed by atoms with van der Waals surface area (Å²) in [6, 6.07) is 1.55. The summed E-state index contributed by atoms with van der Waals surface area (Å²) in [5, 5.41) is 8.63. The molecule has 0 aliphatic rings. The van der Waals surface area contributed by atoms with Crippen LogP contribution < -0.4 is 5.84 Å². The maximum atomic E-state index is 10.5. The van der Waals surface area contributed by atoms with Crippen LogP contribution in [0.5, 0.6) is 0 Å². The largest absolute Gasteiger partial charge is 0.478 e. The number of nitrogens with zero attached hydrogens (tertiary/aromatic N) is 1. The fourth-order valence-corrected chi connectivity index (χ4v) is 0.994. The van der Waals surface area contributed by atoms with Crippen LogP contribution in [0.2, 0.25) is 0 Å². The van der Waals surface area contributed by atoms with Crippen molar-refractivity contribution in [1.29, 1.82) is 0 Å².